The van der Waals surface area contributed by atoms with Crippen LogP contribution >= 0.6 is 0 Å². The van der Waals surface area contributed by atoms with Crippen LogP contribution in [0.5, 0.6) is 11.5 Å². The van der Waals surface area contributed by atoms with E-state index in [4.69, 9.17) is 9.47 Å². The lowest BCUT2D eigenvalue weighted by molar-refractivity contribution is 0.389. The maximum Gasteiger partial charge on any atom is 0.127 e. The van der Waals surface area contributed by atoms with Gasteiger partial charge in [0, 0.05) is 38.0 Å². The Bertz CT molecular complexity index is 537. The van der Waals surface area contributed by atoms with Gasteiger partial charge >= 0.3 is 0 Å². The summed E-state index contributed by atoms with van der Waals surface area (Å²) >= 11 is 0. The summed E-state index contributed by atoms with van der Waals surface area (Å²) in [4.78, 5) is 0. The molecule has 1 heterocycles. The third kappa shape index (κ3) is 3.48. The lowest BCUT2D eigenvalue weighted by atomic mass is 10.2. The minimum absolute atomic E-state index is 0.726. The van der Waals surface area contributed by atoms with Gasteiger partial charge in [0.15, 0.2) is 0 Å². The number of aryl methyl sites for hydroxylation is 1. The molecule has 1 aromatic heterocycles. The SMILES string of the molecule is COc1ccc(CNCc2ccn(C)n2)c(OC)c1. The molecule has 5 nitrogen and oxygen atoms in total. The summed E-state index contributed by atoms with van der Waals surface area (Å²) in [5.74, 6) is 1.62. The Morgan fingerprint density at radius 3 is 2.63 bits per heavy atom. The molecular formula is C14H19N3O2. The molecule has 0 saturated heterocycles. The molecule has 0 aliphatic carbocycles. The van der Waals surface area contributed by atoms with Crippen molar-refractivity contribution in [2.45, 2.75) is 13.1 Å². The molecule has 0 fully saturated rings. The molecular weight excluding hydrogens is 242 g/mol. The molecule has 0 bridgehead atoms. The molecule has 0 saturated carbocycles. The molecule has 0 unspecified atom stereocenters. The molecule has 0 aliphatic rings. The fraction of sp³-hybridized carbons (Fsp3) is 0.357. The van der Waals surface area contributed by atoms with E-state index >= 15 is 0 Å². The second kappa shape index (κ2) is 6.24. The van der Waals surface area contributed by atoms with Crippen LogP contribution in [0.3, 0.4) is 0 Å². The van der Waals surface area contributed by atoms with Crippen molar-refractivity contribution in [1.82, 2.24) is 15.1 Å². The van der Waals surface area contributed by atoms with Gasteiger partial charge in [-0.3, -0.25) is 4.68 Å². The maximum atomic E-state index is 5.35. The number of rotatable bonds is 6. The molecule has 2 aromatic rings. The molecule has 0 amide bonds. The van der Waals surface area contributed by atoms with Crippen LogP contribution in [0, 0.1) is 0 Å². The summed E-state index contributed by atoms with van der Waals surface area (Å²) in [6.45, 7) is 1.46. The van der Waals surface area contributed by atoms with E-state index in [-0.39, 0.29) is 0 Å². The maximum absolute atomic E-state index is 5.35. The third-order valence-corrected chi connectivity index (χ3v) is 2.88. The van der Waals surface area contributed by atoms with E-state index in [9.17, 15) is 0 Å². The first-order valence-corrected chi connectivity index (χ1v) is 6.13. The molecule has 0 spiro atoms. The number of ether oxygens (including phenoxy) is 2. The normalized spacial score (nSPS) is 10.5. The smallest absolute Gasteiger partial charge is 0.127 e. The standard InChI is InChI=1S/C14H19N3O2/c1-17-7-6-12(16-17)10-15-9-11-4-5-13(18-2)8-14(11)19-3/h4-8,15H,9-10H2,1-3H3. The first kappa shape index (κ1) is 13.4. The molecule has 1 N–H and O–H groups in total. The molecule has 2 rings (SSSR count). The predicted octanol–water partition coefficient (Wildman–Crippen LogP) is 1.73. The number of methoxy groups -OCH3 is 2. The Labute approximate surface area is 113 Å². The Kier molecular flexibility index (Phi) is 4.41. The molecule has 5 heteroatoms. The zero-order chi connectivity index (χ0) is 13.7. The van der Waals surface area contributed by atoms with Gasteiger partial charge in [0.25, 0.3) is 0 Å². The second-order valence-corrected chi connectivity index (χ2v) is 4.26. The first-order chi connectivity index (χ1) is 9.22. The summed E-state index contributed by atoms with van der Waals surface area (Å²) in [6.07, 6.45) is 1.94. The third-order valence-electron chi connectivity index (χ3n) is 2.88. The van der Waals surface area contributed by atoms with Crippen molar-refractivity contribution in [2.75, 3.05) is 14.2 Å². The van der Waals surface area contributed by atoms with Gasteiger partial charge in [-0.15, -0.1) is 0 Å². The van der Waals surface area contributed by atoms with Crippen LogP contribution in [0.1, 0.15) is 11.3 Å². The van der Waals surface area contributed by atoms with Crippen molar-refractivity contribution in [1.29, 1.82) is 0 Å². The van der Waals surface area contributed by atoms with Crippen LogP contribution < -0.4 is 14.8 Å². The Hall–Kier alpha value is -2.01. The highest BCUT2D eigenvalue weighted by Gasteiger charge is 2.05. The summed E-state index contributed by atoms with van der Waals surface area (Å²) in [7, 11) is 5.22. The number of hydrogen-bond acceptors (Lipinski definition) is 4. The van der Waals surface area contributed by atoms with Crippen LogP contribution in [0.15, 0.2) is 30.5 Å². The van der Waals surface area contributed by atoms with E-state index in [0.29, 0.717) is 0 Å². The predicted molar refractivity (Wildman–Crippen MR) is 73.3 cm³/mol. The number of aromatic nitrogens is 2. The van der Waals surface area contributed by atoms with Gasteiger partial charge in [0.05, 0.1) is 19.9 Å². The van der Waals surface area contributed by atoms with Crippen LogP contribution in [0.2, 0.25) is 0 Å². The Morgan fingerprint density at radius 1 is 1.16 bits per heavy atom. The lowest BCUT2D eigenvalue weighted by Gasteiger charge is -2.10. The van der Waals surface area contributed by atoms with E-state index in [1.54, 1.807) is 18.9 Å². The van der Waals surface area contributed by atoms with Crippen LogP contribution in [0.4, 0.5) is 0 Å². The topological polar surface area (TPSA) is 48.3 Å². The summed E-state index contributed by atoms with van der Waals surface area (Å²) in [5.41, 5.74) is 2.12. The number of nitrogens with one attached hydrogen (secondary N) is 1. The van der Waals surface area contributed by atoms with Gasteiger partial charge in [0.1, 0.15) is 11.5 Å². The number of benzene rings is 1. The van der Waals surface area contributed by atoms with E-state index < -0.39 is 0 Å². The number of nitrogens with zero attached hydrogens (tertiary/aromatic N) is 2. The van der Waals surface area contributed by atoms with Gasteiger partial charge in [-0.25, -0.2) is 0 Å². The lowest BCUT2D eigenvalue weighted by Crippen LogP contribution is -2.14. The monoisotopic (exact) mass is 261 g/mol. The largest absolute Gasteiger partial charge is 0.497 e. The highest BCUT2D eigenvalue weighted by molar-refractivity contribution is 5.40. The highest BCUT2D eigenvalue weighted by atomic mass is 16.5. The fourth-order valence-electron chi connectivity index (χ4n) is 1.88. The molecule has 102 valence electrons. The van der Waals surface area contributed by atoms with Gasteiger partial charge in [-0.1, -0.05) is 6.07 Å². The van der Waals surface area contributed by atoms with Crippen molar-refractivity contribution in [3.05, 3.63) is 41.7 Å². The quantitative estimate of drug-likeness (QED) is 0.860. The molecule has 0 aliphatic heterocycles. The van der Waals surface area contributed by atoms with E-state index in [0.717, 1.165) is 35.8 Å². The van der Waals surface area contributed by atoms with Gasteiger partial charge in [-0.2, -0.15) is 5.10 Å². The molecule has 0 radical (unpaired) electrons. The van der Waals surface area contributed by atoms with Crippen LogP contribution in [-0.2, 0) is 20.1 Å². The average molecular weight is 261 g/mol. The van der Waals surface area contributed by atoms with Crippen LogP contribution in [-0.4, -0.2) is 24.0 Å². The fourth-order valence-corrected chi connectivity index (χ4v) is 1.88. The van der Waals surface area contributed by atoms with Crippen molar-refractivity contribution in [2.24, 2.45) is 7.05 Å². The minimum atomic E-state index is 0.726. The van der Waals surface area contributed by atoms with E-state index in [1.807, 2.05) is 37.5 Å². The van der Waals surface area contributed by atoms with E-state index in [2.05, 4.69) is 10.4 Å². The number of hydrogen-bond donors (Lipinski definition) is 1. The summed E-state index contributed by atoms with van der Waals surface area (Å²) < 4.78 is 12.3. The van der Waals surface area contributed by atoms with E-state index in [1.165, 1.54) is 0 Å². The van der Waals surface area contributed by atoms with Crippen molar-refractivity contribution >= 4 is 0 Å². The van der Waals surface area contributed by atoms with Gasteiger partial charge in [0.2, 0.25) is 0 Å². The van der Waals surface area contributed by atoms with Crippen LogP contribution in [0.25, 0.3) is 0 Å². The van der Waals surface area contributed by atoms with Gasteiger partial charge < -0.3 is 14.8 Å². The first-order valence-electron chi connectivity index (χ1n) is 6.13. The van der Waals surface area contributed by atoms with Crippen molar-refractivity contribution < 1.29 is 9.47 Å². The minimum Gasteiger partial charge on any atom is -0.497 e. The zero-order valence-corrected chi connectivity index (χ0v) is 11.5. The second-order valence-electron chi connectivity index (χ2n) is 4.26. The Morgan fingerprint density at radius 2 is 2.00 bits per heavy atom. The van der Waals surface area contributed by atoms with Crippen molar-refractivity contribution in [3.8, 4) is 11.5 Å². The van der Waals surface area contributed by atoms with Gasteiger partial charge in [-0.05, 0) is 12.1 Å². The zero-order valence-electron chi connectivity index (χ0n) is 11.5. The molecule has 19 heavy (non-hydrogen) atoms. The summed E-state index contributed by atoms with van der Waals surface area (Å²) in [5, 5.41) is 7.66. The van der Waals surface area contributed by atoms with Crippen molar-refractivity contribution in [3.63, 3.8) is 0 Å². The molecule has 1 aromatic carbocycles. The average Bonchev–Trinajstić information content (AvgIpc) is 2.84. The molecule has 0 atom stereocenters. The summed E-state index contributed by atoms with van der Waals surface area (Å²) in [6, 6.07) is 7.82. The highest BCUT2D eigenvalue weighted by Crippen LogP contribution is 2.24. The Balaban J connectivity index is 1.95.